The lowest BCUT2D eigenvalue weighted by atomic mass is 10.1. The number of nitriles is 1. The summed E-state index contributed by atoms with van der Waals surface area (Å²) in [5.74, 6) is 0.297. The van der Waals surface area contributed by atoms with Crippen molar-refractivity contribution in [1.29, 1.82) is 5.26 Å². The van der Waals surface area contributed by atoms with Gasteiger partial charge in [0.05, 0.1) is 11.3 Å². The summed E-state index contributed by atoms with van der Waals surface area (Å²) in [4.78, 5) is 19.4. The molecule has 2 heterocycles. The molecule has 0 aliphatic carbocycles. The molecule has 1 fully saturated rings. The Morgan fingerprint density at radius 3 is 2.53 bits per heavy atom. The minimum absolute atomic E-state index is 0.288. The number of rotatable bonds is 5. The third kappa shape index (κ3) is 4.58. The van der Waals surface area contributed by atoms with E-state index in [1.165, 1.54) is 24.9 Å². The van der Waals surface area contributed by atoms with E-state index in [9.17, 15) is 10.1 Å². The smallest absolute Gasteiger partial charge is 0.255 e. The Hall–Kier alpha value is -3.85. The van der Waals surface area contributed by atoms with Gasteiger partial charge in [0, 0.05) is 36.2 Å². The van der Waals surface area contributed by atoms with Gasteiger partial charge in [0.1, 0.15) is 11.9 Å². The molecule has 0 saturated carbocycles. The van der Waals surface area contributed by atoms with Gasteiger partial charge in [-0.15, -0.1) is 0 Å². The van der Waals surface area contributed by atoms with Crippen molar-refractivity contribution in [2.75, 3.05) is 28.6 Å². The van der Waals surface area contributed by atoms with Gasteiger partial charge in [0.25, 0.3) is 5.91 Å². The maximum absolute atomic E-state index is 12.6. The third-order valence-corrected chi connectivity index (χ3v) is 5.18. The second-order valence-corrected chi connectivity index (χ2v) is 7.26. The molecule has 30 heavy (non-hydrogen) atoms. The molecule has 6 nitrogen and oxygen atoms in total. The number of nitrogens with zero attached hydrogens (tertiary/aromatic N) is 3. The normalized spacial score (nSPS) is 13.4. The van der Waals surface area contributed by atoms with E-state index in [0.717, 1.165) is 18.8 Å². The molecular weight excluding hydrogens is 374 g/mol. The molecule has 2 aromatic carbocycles. The van der Waals surface area contributed by atoms with Gasteiger partial charge < -0.3 is 15.5 Å². The van der Waals surface area contributed by atoms with Crippen molar-refractivity contribution in [3.63, 3.8) is 0 Å². The fourth-order valence-corrected chi connectivity index (χ4v) is 3.58. The molecule has 1 aromatic heterocycles. The first-order valence-corrected chi connectivity index (χ1v) is 10.1. The Balaban J connectivity index is 1.44. The lowest BCUT2D eigenvalue weighted by molar-refractivity contribution is 0.102. The first kappa shape index (κ1) is 19.5. The monoisotopic (exact) mass is 397 g/mol. The maximum Gasteiger partial charge on any atom is 0.255 e. The quantitative estimate of drug-likeness (QED) is 0.637. The van der Waals surface area contributed by atoms with Crippen LogP contribution >= 0.6 is 0 Å². The van der Waals surface area contributed by atoms with Crippen molar-refractivity contribution in [3.8, 4) is 6.07 Å². The summed E-state index contributed by atoms with van der Waals surface area (Å²) in [6, 6.07) is 20.6. The first-order chi connectivity index (χ1) is 14.7. The van der Waals surface area contributed by atoms with Gasteiger partial charge in [0.15, 0.2) is 0 Å². The van der Waals surface area contributed by atoms with Gasteiger partial charge in [-0.3, -0.25) is 4.79 Å². The molecule has 6 heteroatoms. The average molecular weight is 397 g/mol. The molecule has 0 radical (unpaired) electrons. The van der Waals surface area contributed by atoms with Crippen LogP contribution < -0.4 is 15.5 Å². The molecule has 1 aliphatic heterocycles. The Labute approximate surface area is 176 Å². The fourth-order valence-electron chi connectivity index (χ4n) is 3.58. The minimum atomic E-state index is -0.288. The van der Waals surface area contributed by atoms with Crippen molar-refractivity contribution >= 4 is 28.8 Å². The van der Waals surface area contributed by atoms with E-state index < -0.39 is 0 Å². The summed E-state index contributed by atoms with van der Waals surface area (Å²) in [6.45, 7) is 2.22. The summed E-state index contributed by atoms with van der Waals surface area (Å²) < 4.78 is 0. The zero-order valence-corrected chi connectivity index (χ0v) is 16.6. The summed E-state index contributed by atoms with van der Waals surface area (Å²) in [5, 5.41) is 15.2. The van der Waals surface area contributed by atoms with Crippen LogP contribution in [0.25, 0.3) is 0 Å². The van der Waals surface area contributed by atoms with E-state index in [2.05, 4.69) is 38.7 Å². The molecule has 1 amide bonds. The number of piperidine rings is 1. The van der Waals surface area contributed by atoms with E-state index in [0.29, 0.717) is 22.6 Å². The predicted molar refractivity (Wildman–Crippen MR) is 119 cm³/mol. The molecule has 150 valence electrons. The second-order valence-electron chi connectivity index (χ2n) is 7.26. The number of carbonyl (C=O) groups excluding carboxylic acids is 1. The lowest BCUT2D eigenvalue weighted by Crippen LogP contribution is -2.29. The largest absolute Gasteiger partial charge is 0.372 e. The Bertz CT molecular complexity index is 1070. The van der Waals surface area contributed by atoms with E-state index in [1.54, 1.807) is 42.6 Å². The van der Waals surface area contributed by atoms with Crippen molar-refractivity contribution in [2.45, 2.75) is 19.3 Å². The number of pyridine rings is 1. The highest BCUT2D eigenvalue weighted by molar-refractivity contribution is 6.05. The number of hydrogen-bond acceptors (Lipinski definition) is 5. The van der Waals surface area contributed by atoms with E-state index in [1.807, 2.05) is 12.1 Å². The van der Waals surface area contributed by atoms with Crippen LogP contribution in [0.1, 0.15) is 35.2 Å². The van der Waals surface area contributed by atoms with Gasteiger partial charge in [0.2, 0.25) is 0 Å². The molecular formula is C24H23N5O. The number of amides is 1. The van der Waals surface area contributed by atoms with Crippen molar-refractivity contribution in [3.05, 3.63) is 78.0 Å². The van der Waals surface area contributed by atoms with Crippen LogP contribution in [0.4, 0.5) is 22.9 Å². The van der Waals surface area contributed by atoms with Gasteiger partial charge in [-0.2, -0.15) is 5.26 Å². The molecule has 0 unspecified atom stereocenters. The van der Waals surface area contributed by atoms with Crippen LogP contribution in [0.3, 0.4) is 0 Å². The van der Waals surface area contributed by atoms with E-state index >= 15 is 0 Å². The Kier molecular flexibility index (Phi) is 5.90. The predicted octanol–water partition coefficient (Wildman–Crippen LogP) is 4.94. The maximum atomic E-state index is 12.6. The minimum Gasteiger partial charge on any atom is -0.372 e. The van der Waals surface area contributed by atoms with E-state index in [4.69, 9.17) is 0 Å². The summed E-state index contributed by atoms with van der Waals surface area (Å²) in [6.07, 6.45) is 5.40. The number of aromatic nitrogens is 1. The second kappa shape index (κ2) is 9.10. The average Bonchev–Trinajstić information content (AvgIpc) is 2.81. The van der Waals surface area contributed by atoms with Crippen molar-refractivity contribution < 1.29 is 4.79 Å². The molecule has 1 aliphatic rings. The van der Waals surface area contributed by atoms with Crippen molar-refractivity contribution in [1.82, 2.24) is 4.98 Å². The van der Waals surface area contributed by atoms with Crippen LogP contribution in [-0.2, 0) is 0 Å². The molecule has 0 bridgehead atoms. The first-order valence-electron chi connectivity index (χ1n) is 10.1. The van der Waals surface area contributed by atoms with Crippen molar-refractivity contribution in [2.24, 2.45) is 0 Å². The van der Waals surface area contributed by atoms with Crippen LogP contribution in [0.2, 0.25) is 0 Å². The summed E-state index contributed by atoms with van der Waals surface area (Å²) >= 11 is 0. The van der Waals surface area contributed by atoms with E-state index in [-0.39, 0.29) is 5.91 Å². The number of hydrogen-bond donors (Lipinski definition) is 2. The standard InChI is InChI=1S/C24H23N5O/c25-17-19-6-2-3-7-22(19)28-24(30)18-12-13-26-23(16-18)27-20-8-10-21(11-9-20)29-14-4-1-5-15-29/h2-3,6-13,16H,1,4-5,14-15H2,(H,26,27)(H,28,30). The highest BCUT2D eigenvalue weighted by Crippen LogP contribution is 2.23. The topological polar surface area (TPSA) is 81.0 Å². The van der Waals surface area contributed by atoms with Crippen LogP contribution in [0.15, 0.2) is 66.9 Å². The Morgan fingerprint density at radius 2 is 1.77 bits per heavy atom. The number of benzene rings is 2. The molecule has 1 saturated heterocycles. The van der Waals surface area contributed by atoms with Gasteiger partial charge in [-0.25, -0.2) is 4.98 Å². The SMILES string of the molecule is N#Cc1ccccc1NC(=O)c1ccnc(Nc2ccc(N3CCCCC3)cc2)c1. The van der Waals surface area contributed by atoms with Gasteiger partial charge in [-0.05, 0) is 67.8 Å². The fraction of sp³-hybridized carbons (Fsp3) is 0.208. The molecule has 3 aromatic rings. The van der Waals surface area contributed by atoms with Gasteiger partial charge >= 0.3 is 0 Å². The zero-order chi connectivity index (χ0) is 20.8. The number of para-hydroxylation sites is 1. The highest BCUT2D eigenvalue weighted by Gasteiger charge is 2.12. The molecule has 0 atom stereocenters. The summed E-state index contributed by atoms with van der Waals surface area (Å²) in [7, 11) is 0. The zero-order valence-electron chi connectivity index (χ0n) is 16.6. The molecule has 0 spiro atoms. The molecule has 2 N–H and O–H groups in total. The number of nitrogens with one attached hydrogen (secondary N) is 2. The van der Waals surface area contributed by atoms with Gasteiger partial charge in [-0.1, -0.05) is 12.1 Å². The Morgan fingerprint density at radius 1 is 1.00 bits per heavy atom. The van der Waals surface area contributed by atoms with Crippen LogP contribution in [-0.4, -0.2) is 24.0 Å². The lowest BCUT2D eigenvalue weighted by Gasteiger charge is -2.28. The highest BCUT2D eigenvalue weighted by atomic mass is 16.1. The van der Waals surface area contributed by atoms with Crippen LogP contribution in [0.5, 0.6) is 0 Å². The van der Waals surface area contributed by atoms with Crippen LogP contribution in [0, 0.1) is 11.3 Å². The number of anilines is 4. The number of carbonyl (C=O) groups is 1. The third-order valence-electron chi connectivity index (χ3n) is 5.18. The molecule has 4 rings (SSSR count). The summed E-state index contributed by atoms with van der Waals surface area (Å²) in [5.41, 5.74) is 3.52.